The summed E-state index contributed by atoms with van der Waals surface area (Å²) in [4.78, 5) is 26.9. The van der Waals surface area contributed by atoms with Gasteiger partial charge in [0.2, 0.25) is 0 Å². The van der Waals surface area contributed by atoms with Crippen LogP contribution in [0.5, 0.6) is 0 Å². The molecule has 0 unspecified atom stereocenters. The van der Waals surface area contributed by atoms with E-state index in [-0.39, 0.29) is 24.3 Å². The minimum atomic E-state index is -0.619. The molecule has 2 aliphatic heterocycles. The largest absolute Gasteiger partial charge is 0.390 e. The SMILES string of the molecule is Cc1cnc(C(=O)N2CC[C@@H](N3CCN(c4ccccc4F)CC3)[C@H](O)C2)cn1. The molecule has 7 nitrogen and oxygen atoms in total. The van der Waals surface area contributed by atoms with Gasteiger partial charge in [-0.2, -0.15) is 0 Å². The molecule has 1 N–H and O–H groups in total. The summed E-state index contributed by atoms with van der Waals surface area (Å²) >= 11 is 0. The van der Waals surface area contributed by atoms with Crippen molar-refractivity contribution in [3.8, 4) is 0 Å². The number of β-amino-alcohol motifs (C(OH)–C–C–N with tert-alkyl or cyclic N) is 1. The second-order valence-corrected chi connectivity index (χ2v) is 7.69. The number of amides is 1. The van der Waals surface area contributed by atoms with Crippen molar-refractivity contribution in [1.29, 1.82) is 0 Å². The van der Waals surface area contributed by atoms with E-state index in [1.54, 1.807) is 23.2 Å². The van der Waals surface area contributed by atoms with Crippen LogP contribution < -0.4 is 4.90 Å². The number of likely N-dealkylation sites (tertiary alicyclic amines) is 1. The fraction of sp³-hybridized carbons (Fsp3) is 0.476. The Morgan fingerprint density at radius 3 is 2.52 bits per heavy atom. The maximum absolute atomic E-state index is 14.0. The number of halogens is 1. The van der Waals surface area contributed by atoms with Gasteiger partial charge < -0.3 is 14.9 Å². The molecule has 1 aromatic carbocycles. The molecular weight excluding hydrogens is 373 g/mol. The van der Waals surface area contributed by atoms with Crippen molar-refractivity contribution in [2.24, 2.45) is 0 Å². The van der Waals surface area contributed by atoms with Crippen molar-refractivity contribution >= 4 is 11.6 Å². The van der Waals surface area contributed by atoms with Gasteiger partial charge in [0.25, 0.3) is 5.91 Å². The first-order valence-electron chi connectivity index (χ1n) is 10.0. The Morgan fingerprint density at radius 2 is 1.86 bits per heavy atom. The quantitative estimate of drug-likeness (QED) is 0.839. The van der Waals surface area contributed by atoms with Crippen molar-refractivity contribution in [1.82, 2.24) is 19.8 Å². The molecule has 154 valence electrons. The number of hydrogen-bond acceptors (Lipinski definition) is 6. The Balaban J connectivity index is 1.33. The van der Waals surface area contributed by atoms with Crippen molar-refractivity contribution in [3.05, 3.63) is 53.9 Å². The van der Waals surface area contributed by atoms with Gasteiger partial charge in [-0.25, -0.2) is 9.37 Å². The zero-order valence-electron chi connectivity index (χ0n) is 16.5. The molecule has 2 aliphatic rings. The minimum Gasteiger partial charge on any atom is -0.390 e. The summed E-state index contributed by atoms with van der Waals surface area (Å²) in [5, 5.41) is 10.7. The second-order valence-electron chi connectivity index (χ2n) is 7.69. The van der Waals surface area contributed by atoms with E-state index in [0.717, 1.165) is 18.8 Å². The number of aromatic nitrogens is 2. The second kappa shape index (κ2) is 8.42. The van der Waals surface area contributed by atoms with E-state index in [9.17, 15) is 14.3 Å². The van der Waals surface area contributed by atoms with E-state index < -0.39 is 6.10 Å². The van der Waals surface area contributed by atoms with Crippen molar-refractivity contribution in [3.63, 3.8) is 0 Å². The average molecular weight is 399 g/mol. The Kier molecular flexibility index (Phi) is 5.73. The van der Waals surface area contributed by atoms with Gasteiger partial charge >= 0.3 is 0 Å². The number of anilines is 1. The van der Waals surface area contributed by atoms with Gasteiger partial charge in [-0.05, 0) is 25.5 Å². The van der Waals surface area contributed by atoms with E-state index in [1.165, 1.54) is 12.3 Å². The van der Waals surface area contributed by atoms with Crippen LogP contribution in [-0.4, -0.2) is 82.2 Å². The number of aliphatic hydroxyl groups excluding tert-OH is 1. The third kappa shape index (κ3) is 4.23. The smallest absolute Gasteiger partial charge is 0.274 e. The molecule has 0 aliphatic carbocycles. The molecular formula is C21H26FN5O2. The lowest BCUT2D eigenvalue weighted by molar-refractivity contribution is -0.0109. The molecule has 0 bridgehead atoms. The summed E-state index contributed by atoms with van der Waals surface area (Å²) < 4.78 is 14.0. The van der Waals surface area contributed by atoms with E-state index in [1.807, 2.05) is 17.9 Å². The van der Waals surface area contributed by atoms with Gasteiger partial charge in [-0.15, -0.1) is 0 Å². The van der Waals surface area contributed by atoms with Gasteiger partial charge in [0, 0.05) is 51.5 Å². The molecule has 2 atom stereocenters. The lowest BCUT2D eigenvalue weighted by Gasteiger charge is -2.45. The monoisotopic (exact) mass is 399 g/mol. The molecule has 0 radical (unpaired) electrons. The third-order valence-corrected chi connectivity index (χ3v) is 5.81. The number of carbonyl (C=O) groups excluding carboxylic acids is 1. The molecule has 2 fully saturated rings. The van der Waals surface area contributed by atoms with Gasteiger partial charge in [0.1, 0.15) is 11.5 Å². The standard InChI is InChI=1S/C21H26FN5O2/c1-15-12-24-17(13-23-15)21(29)27-7-6-19(20(28)14-27)26-10-8-25(9-11-26)18-5-3-2-4-16(18)22/h2-5,12-13,19-20,28H,6-11,14H2,1H3/t19-,20-/m1/s1. The predicted molar refractivity (Wildman–Crippen MR) is 107 cm³/mol. The summed E-state index contributed by atoms with van der Waals surface area (Å²) in [6.45, 7) is 5.62. The molecule has 2 aromatic rings. The Labute approximate surface area is 169 Å². The number of aryl methyl sites for hydroxylation is 1. The van der Waals surface area contributed by atoms with Crippen LogP contribution in [0, 0.1) is 12.7 Å². The number of piperazine rings is 1. The van der Waals surface area contributed by atoms with Crippen LogP contribution in [0.25, 0.3) is 0 Å². The lowest BCUT2D eigenvalue weighted by atomic mass is 9.98. The topological polar surface area (TPSA) is 72.8 Å². The summed E-state index contributed by atoms with van der Waals surface area (Å²) in [5.74, 6) is -0.397. The first kappa shape index (κ1) is 19.7. The van der Waals surface area contributed by atoms with Gasteiger partial charge in [-0.3, -0.25) is 14.7 Å². The zero-order valence-corrected chi connectivity index (χ0v) is 16.5. The lowest BCUT2D eigenvalue weighted by Crippen LogP contribution is -2.59. The summed E-state index contributed by atoms with van der Waals surface area (Å²) in [7, 11) is 0. The number of nitrogens with zero attached hydrogens (tertiary/aromatic N) is 5. The maximum Gasteiger partial charge on any atom is 0.274 e. The molecule has 1 amide bonds. The van der Waals surface area contributed by atoms with Crippen LogP contribution >= 0.6 is 0 Å². The Hall–Kier alpha value is -2.58. The van der Waals surface area contributed by atoms with Crippen LogP contribution in [0.15, 0.2) is 36.7 Å². The molecule has 4 rings (SSSR count). The number of aliphatic hydroxyl groups is 1. The van der Waals surface area contributed by atoms with E-state index in [4.69, 9.17) is 0 Å². The highest BCUT2D eigenvalue weighted by molar-refractivity contribution is 5.92. The molecule has 3 heterocycles. The Bertz CT molecular complexity index is 854. The minimum absolute atomic E-state index is 0.00548. The van der Waals surface area contributed by atoms with Gasteiger partial charge in [-0.1, -0.05) is 12.1 Å². The molecule has 0 saturated carbocycles. The fourth-order valence-corrected chi connectivity index (χ4v) is 4.20. The molecule has 1 aromatic heterocycles. The number of carbonyl (C=O) groups is 1. The average Bonchev–Trinajstić information content (AvgIpc) is 2.74. The van der Waals surface area contributed by atoms with Crippen LogP contribution in [0.4, 0.5) is 10.1 Å². The third-order valence-electron chi connectivity index (χ3n) is 5.81. The van der Waals surface area contributed by atoms with Crippen LogP contribution in [0.3, 0.4) is 0 Å². The molecule has 0 spiro atoms. The number of benzene rings is 1. The highest BCUT2D eigenvalue weighted by Gasteiger charge is 2.36. The van der Waals surface area contributed by atoms with Crippen LogP contribution in [0.1, 0.15) is 22.6 Å². The van der Waals surface area contributed by atoms with Gasteiger partial charge in [0.15, 0.2) is 0 Å². The van der Waals surface area contributed by atoms with Crippen LogP contribution in [-0.2, 0) is 0 Å². The first-order valence-corrected chi connectivity index (χ1v) is 10.0. The summed E-state index contributed by atoms with van der Waals surface area (Å²) in [6.07, 6.45) is 3.14. The van der Waals surface area contributed by atoms with Crippen molar-refractivity contribution in [2.75, 3.05) is 44.2 Å². The number of piperidine rings is 1. The van der Waals surface area contributed by atoms with E-state index in [0.29, 0.717) is 37.4 Å². The van der Waals surface area contributed by atoms with Crippen molar-refractivity contribution in [2.45, 2.75) is 25.5 Å². The first-order chi connectivity index (χ1) is 14.0. The molecule has 2 saturated heterocycles. The fourth-order valence-electron chi connectivity index (χ4n) is 4.20. The Morgan fingerprint density at radius 1 is 1.10 bits per heavy atom. The number of para-hydroxylation sites is 1. The van der Waals surface area contributed by atoms with E-state index >= 15 is 0 Å². The van der Waals surface area contributed by atoms with Gasteiger partial charge in [0.05, 0.1) is 23.7 Å². The maximum atomic E-state index is 14.0. The summed E-state index contributed by atoms with van der Waals surface area (Å²) in [5.41, 5.74) is 1.70. The zero-order chi connectivity index (χ0) is 20.4. The molecule has 8 heteroatoms. The molecule has 29 heavy (non-hydrogen) atoms. The van der Waals surface area contributed by atoms with Crippen LogP contribution in [0.2, 0.25) is 0 Å². The van der Waals surface area contributed by atoms with E-state index in [2.05, 4.69) is 14.9 Å². The highest BCUT2D eigenvalue weighted by atomic mass is 19.1. The normalized spacial score (nSPS) is 23.3. The number of hydrogen-bond donors (Lipinski definition) is 1. The van der Waals surface area contributed by atoms with Crippen molar-refractivity contribution < 1.29 is 14.3 Å². The number of rotatable bonds is 3. The summed E-state index contributed by atoms with van der Waals surface area (Å²) in [6, 6.07) is 6.84. The predicted octanol–water partition coefficient (Wildman–Crippen LogP) is 1.32. The highest BCUT2D eigenvalue weighted by Crippen LogP contribution is 2.24.